The number of aromatic amines is 1. The number of hydrogen-bond donors (Lipinski definition) is 2. The molecule has 9 heteroatoms. The van der Waals surface area contributed by atoms with Crippen LogP contribution in [0, 0.1) is 17.6 Å². The van der Waals surface area contributed by atoms with Crippen molar-refractivity contribution < 1.29 is 23.2 Å². The summed E-state index contributed by atoms with van der Waals surface area (Å²) >= 11 is 0. The van der Waals surface area contributed by atoms with E-state index in [-0.39, 0.29) is 29.1 Å². The highest BCUT2D eigenvalue weighted by Crippen LogP contribution is 2.24. The van der Waals surface area contributed by atoms with Crippen molar-refractivity contribution in [3.05, 3.63) is 35.5 Å². The van der Waals surface area contributed by atoms with Gasteiger partial charge in [-0.1, -0.05) is 6.92 Å². The van der Waals surface area contributed by atoms with Crippen LogP contribution in [0.3, 0.4) is 0 Å². The van der Waals surface area contributed by atoms with Gasteiger partial charge in [-0.05, 0) is 24.5 Å². The van der Waals surface area contributed by atoms with Crippen LogP contribution in [0.15, 0.2) is 18.2 Å². The van der Waals surface area contributed by atoms with Gasteiger partial charge < -0.3 is 20.5 Å². The number of nitrogens with one attached hydrogen (secondary N) is 1. The molecule has 144 valence electrons. The van der Waals surface area contributed by atoms with E-state index in [4.69, 9.17) is 5.73 Å². The number of primary amides is 1. The highest BCUT2D eigenvalue weighted by atomic mass is 19.1. The number of rotatable bonds is 4. The average Bonchev–Trinajstić information content (AvgIpc) is 3.17. The van der Waals surface area contributed by atoms with Crippen LogP contribution in [0.25, 0.3) is 10.9 Å². The monoisotopic (exact) mass is 378 g/mol. The Bertz CT molecular complexity index is 927. The Hall–Kier alpha value is -2.97. The van der Waals surface area contributed by atoms with Gasteiger partial charge in [0.15, 0.2) is 0 Å². The molecule has 3 rings (SSSR count). The quantitative estimate of drug-likeness (QED) is 0.837. The molecular weight excluding hydrogens is 358 g/mol. The van der Waals surface area contributed by atoms with Crippen LogP contribution in [0.1, 0.15) is 23.8 Å². The topological polar surface area (TPSA) is 99.5 Å². The maximum atomic E-state index is 13.8. The molecule has 27 heavy (non-hydrogen) atoms. The Balaban J connectivity index is 1.75. The van der Waals surface area contributed by atoms with Gasteiger partial charge in [0.1, 0.15) is 23.4 Å². The van der Waals surface area contributed by atoms with E-state index in [2.05, 4.69) is 4.98 Å². The maximum Gasteiger partial charge on any atom is 0.270 e. The molecule has 1 aliphatic rings. The summed E-state index contributed by atoms with van der Waals surface area (Å²) in [6.45, 7) is 2.04. The molecule has 2 aromatic rings. The molecular formula is C18H20F2N4O3. The number of fused-ring (bicyclic) bond motifs is 1. The minimum absolute atomic E-state index is 0.0334. The molecule has 1 saturated heterocycles. The van der Waals surface area contributed by atoms with Crippen LogP contribution in [-0.2, 0) is 9.59 Å². The van der Waals surface area contributed by atoms with E-state index in [0.717, 1.165) is 17.0 Å². The minimum Gasteiger partial charge on any atom is -0.368 e. The molecule has 0 spiro atoms. The summed E-state index contributed by atoms with van der Waals surface area (Å²) in [7, 11) is 1.42. The summed E-state index contributed by atoms with van der Waals surface area (Å²) in [5.41, 5.74) is 5.54. The van der Waals surface area contributed by atoms with Crippen LogP contribution >= 0.6 is 0 Å². The fourth-order valence-corrected chi connectivity index (χ4v) is 3.44. The lowest BCUT2D eigenvalue weighted by Crippen LogP contribution is -2.48. The third-order valence-corrected chi connectivity index (χ3v) is 4.76. The van der Waals surface area contributed by atoms with Crippen molar-refractivity contribution in [2.75, 3.05) is 20.1 Å². The highest BCUT2D eigenvalue weighted by molar-refractivity contribution is 5.99. The molecule has 1 aromatic heterocycles. The second-order valence-electron chi connectivity index (χ2n) is 7.00. The zero-order valence-electron chi connectivity index (χ0n) is 15.0. The zero-order valence-corrected chi connectivity index (χ0v) is 15.0. The van der Waals surface area contributed by atoms with Gasteiger partial charge in [0.2, 0.25) is 11.8 Å². The number of likely N-dealkylation sites (tertiary alicyclic amines) is 1. The molecule has 0 radical (unpaired) electrons. The number of hydrogen-bond acceptors (Lipinski definition) is 3. The fraction of sp³-hybridized carbons (Fsp3) is 0.389. The SMILES string of the molecule is CC1CC(C(N)=O)N(C(=O)CN(C)C(=O)c2cc3c(F)cc(F)cc3[nH]2)C1. The normalized spacial score (nSPS) is 19.5. The number of nitrogens with two attached hydrogens (primary N) is 1. The molecule has 3 N–H and O–H groups in total. The number of benzene rings is 1. The van der Waals surface area contributed by atoms with Gasteiger partial charge in [-0.2, -0.15) is 0 Å². The summed E-state index contributed by atoms with van der Waals surface area (Å²) in [6.07, 6.45) is 0.492. The average molecular weight is 378 g/mol. The number of carbonyl (C=O) groups is 3. The van der Waals surface area contributed by atoms with E-state index in [1.807, 2.05) is 6.92 Å². The fourth-order valence-electron chi connectivity index (χ4n) is 3.44. The first kappa shape index (κ1) is 18.8. The molecule has 3 amide bonds. The first-order chi connectivity index (χ1) is 12.7. The Labute approximate surface area is 154 Å². The lowest BCUT2D eigenvalue weighted by Gasteiger charge is -2.25. The van der Waals surface area contributed by atoms with Crippen molar-refractivity contribution in [2.24, 2.45) is 11.7 Å². The van der Waals surface area contributed by atoms with Gasteiger partial charge in [0.25, 0.3) is 5.91 Å². The molecule has 0 saturated carbocycles. The van der Waals surface area contributed by atoms with Gasteiger partial charge in [-0.3, -0.25) is 14.4 Å². The van der Waals surface area contributed by atoms with Crippen molar-refractivity contribution in [3.63, 3.8) is 0 Å². The van der Waals surface area contributed by atoms with Crippen LogP contribution < -0.4 is 5.73 Å². The molecule has 2 heterocycles. The smallest absolute Gasteiger partial charge is 0.270 e. The van der Waals surface area contributed by atoms with Crippen molar-refractivity contribution in [3.8, 4) is 0 Å². The van der Waals surface area contributed by atoms with Crippen molar-refractivity contribution >= 4 is 28.6 Å². The number of H-pyrrole nitrogens is 1. The highest BCUT2D eigenvalue weighted by Gasteiger charge is 2.37. The molecule has 0 aliphatic carbocycles. The Kier molecular flexibility index (Phi) is 4.86. The Morgan fingerprint density at radius 2 is 2.00 bits per heavy atom. The van der Waals surface area contributed by atoms with Gasteiger partial charge >= 0.3 is 0 Å². The van der Waals surface area contributed by atoms with Gasteiger partial charge in [0, 0.05) is 25.0 Å². The summed E-state index contributed by atoms with van der Waals surface area (Å²) in [4.78, 5) is 41.8. The second-order valence-corrected chi connectivity index (χ2v) is 7.00. The predicted molar refractivity (Wildman–Crippen MR) is 93.7 cm³/mol. The van der Waals surface area contributed by atoms with E-state index in [1.165, 1.54) is 18.0 Å². The first-order valence-electron chi connectivity index (χ1n) is 8.49. The Morgan fingerprint density at radius 3 is 2.67 bits per heavy atom. The number of carbonyl (C=O) groups excluding carboxylic acids is 3. The van der Waals surface area contributed by atoms with Crippen LogP contribution in [0.4, 0.5) is 8.78 Å². The third kappa shape index (κ3) is 3.62. The largest absolute Gasteiger partial charge is 0.368 e. The standard InChI is InChI=1S/C18H20F2N4O3/c1-9-3-15(17(21)26)24(7-9)16(25)8-23(2)18(27)14-6-11-12(20)4-10(19)5-13(11)22-14/h4-6,9,15,22H,3,7-8H2,1-2H3,(H2,21,26). The Morgan fingerprint density at radius 1 is 1.30 bits per heavy atom. The molecule has 0 bridgehead atoms. The van der Waals surface area contributed by atoms with Crippen LogP contribution in [0.2, 0.25) is 0 Å². The first-order valence-corrected chi connectivity index (χ1v) is 8.49. The molecule has 1 fully saturated rings. The second kappa shape index (κ2) is 6.98. The lowest BCUT2D eigenvalue weighted by atomic mass is 10.1. The van der Waals surface area contributed by atoms with E-state index in [9.17, 15) is 23.2 Å². The summed E-state index contributed by atoms with van der Waals surface area (Å²) in [5.74, 6) is -2.93. The van der Waals surface area contributed by atoms with Gasteiger partial charge in [0.05, 0.1) is 12.1 Å². The van der Waals surface area contributed by atoms with Crippen LogP contribution in [0.5, 0.6) is 0 Å². The van der Waals surface area contributed by atoms with Crippen molar-refractivity contribution in [1.29, 1.82) is 0 Å². The number of halogens is 2. The van der Waals surface area contributed by atoms with Gasteiger partial charge in [-0.15, -0.1) is 0 Å². The lowest BCUT2D eigenvalue weighted by molar-refractivity contribution is -0.137. The molecule has 1 aliphatic heterocycles. The summed E-state index contributed by atoms with van der Waals surface area (Å²) in [5, 5.41) is 0.0848. The van der Waals surface area contributed by atoms with Gasteiger partial charge in [-0.25, -0.2) is 8.78 Å². The summed E-state index contributed by atoms with van der Waals surface area (Å²) in [6, 6.07) is 2.41. The van der Waals surface area contributed by atoms with E-state index >= 15 is 0 Å². The third-order valence-electron chi connectivity index (χ3n) is 4.76. The number of amides is 3. The molecule has 2 unspecified atom stereocenters. The maximum absolute atomic E-state index is 13.8. The van der Waals surface area contributed by atoms with E-state index < -0.39 is 35.4 Å². The molecule has 7 nitrogen and oxygen atoms in total. The van der Waals surface area contributed by atoms with Crippen molar-refractivity contribution in [2.45, 2.75) is 19.4 Å². The van der Waals surface area contributed by atoms with E-state index in [0.29, 0.717) is 13.0 Å². The molecule has 2 atom stereocenters. The van der Waals surface area contributed by atoms with Crippen molar-refractivity contribution in [1.82, 2.24) is 14.8 Å². The summed E-state index contributed by atoms with van der Waals surface area (Å²) < 4.78 is 27.1. The minimum atomic E-state index is -0.783. The van der Waals surface area contributed by atoms with E-state index in [1.54, 1.807) is 0 Å². The molecule has 1 aromatic carbocycles. The number of nitrogens with zero attached hydrogens (tertiary/aromatic N) is 2. The van der Waals surface area contributed by atoms with Crippen LogP contribution in [-0.4, -0.2) is 58.7 Å². The number of likely N-dealkylation sites (N-methyl/N-ethyl adjacent to an activating group) is 1. The number of aromatic nitrogens is 1. The predicted octanol–water partition coefficient (Wildman–Crippen LogP) is 1.24. The zero-order chi connectivity index (χ0) is 19.9.